The van der Waals surface area contributed by atoms with Crippen LogP contribution in [0.4, 0.5) is 0 Å². The molecular formula is C13H20Cl2N2O. The van der Waals surface area contributed by atoms with Gasteiger partial charge in [-0.1, -0.05) is 48.7 Å². The van der Waals surface area contributed by atoms with E-state index in [1.807, 2.05) is 12.1 Å². The Morgan fingerprint density at radius 1 is 1.39 bits per heavy atom. The lowest BCUT2D eigenvalue weighted by molar-refractivity contribution is 0.0609. The Morgan fingerprint density at radius 2 is 2.11 bits per heavy atom. The standard InChI is InChI=1S/C13H20Cl2N2O/c1-3-5-12(18-2)11(17-16)8-9-6-4-7-10(14)13(9)15/h4,6-7,11-12,17H,3,5,8,16H2,1-2H3. The zero-order valence-corrected chi connectivity index (χ0v) is 12.3. The third-order valence-electron chi connectivity index (χ3n) is 3.01. The van der Waals surface area contributed by atoms with E-state index in [2.05, 4.69) is 12.3 Å². The summed E-state index contributed by atoms with van der Waals surface area (Å²) in [6.07, 6.45) is 2.74. The summed E-state index contributed by atoms with van der Waals surface area (Å²) in [5, 5.41) is 1.15. The third kappa shape index (κ3) is 4.11. The Labute approximate surface area is 119 Å². The second kappa shape index (κ2) is 7.97. The van der Waals surface area contributed by atoms with E-state index in [1.165, 1.54) is 0 Å². The van der Waals surface area contributed by atoms with E-state index in [-0.39, 0.29) is 12.1 Å². The molecule has 3 N–H and O–H groups in total. The molecule has 18 heavy (non-hydrogen) atoms. The first kappa shape index (κ1) is 15.7. The number of hydrogen-bond acceptors (Lipinski definition) is 3. The van der Waals surface area contributed by atoms with Crippen molar-refractivity contribution in [1.82, 2.24) is 5.43 Å². The van der Waals surface area contributed by atoms with Crippen LogP contribution in [-0.2, 0) is 11.2 Å². The maximum Gasteiger partial charge on any atom is 0.0740 e. The van der Waals surface area contributed by atoms with Crippen molar-refractivity contribution in [2.24, 2.45) is 5.84 Å². The van der Waals surface area contributed by atoms with Gasteiger partial charge in [0.25, 0.3) is 0 Å². The molecule has 0 bridgehead atoms. The molecule has 0 amide bonds. The molecule has 0 aliphatic rings. The van der Waals surface area contributed by atoms with Crippen LogP contribution in [0.5, 0.6) is 0 Å². The number of nitrogens with one attached hydrogen (secondary N) is 1. The number of nitrogens with two attached hydrogens (primary N) is 1. The van der Waals surface area contributed by atoms with Crippen molar-refractivity contribution in [1.29, 1.82) is 0 Å². The molecule has 0 saturated heterocycles. The van der Waals surface area contributed by atoms with Gasteiger partial charge in [0, 0.05) is 7.11 Å². The molecule has 0 aliphatic carbocycles. The largest absolute Gasteiger partial charge is 0.380 e. The first-order chi connectivity index (χ1) is 8.63. The molecule has 3 nitrogen and oxygen atoms in total. The molecule has 0 heterocycles. The Balaban J connectivity index is 2.81. The first-order valence-electron chi connectivity index (χ1n) is 6.05. The number of hydrazine groups is 1. The molecule has 2 atom stereocenters. The van der Waals surface area contributed by atoms with E-state index in [1.54, 1.807) is 13.2 Å². The second-order valence-corrected chi connectivity index (χ2v) is 5.04. The van der Waals surface area contributed by atoms with Crippen LogP contribution in [0.15, 0.2) is 18.2 Å². The zero-order chi connectivity index (χ0) is 13.5. The summed E-state index contributed by atoms with van der Waals surface area (Å²) < 4.78 is 5.47. The Hall–Kier alpha value is -0.320. The molecule has 2 unspecified atom stereocenters. The lowest BCUT2D eigenvalue weighted by Gasteiger charge is -2.25. The van der Waals surface area contributed by atoms with Crippen LogP contribution in [0, 0.1) is 0 Å². The summed E-state index contributed by atoms with van der Waals surface area (Å²) in [4.78, 5) is 0. The van der Waals surface area contributed by atoms with Gasteiger partial charge in [0.05, 0.1) is 22.2 Å². The molecule has 1 aromatic rings. The number of hydrogen-bond donors (Lipinski definition) is 2. The van der Waals surface area contributed by atoms with Crippen LogP contribution in [0.1, 0.15) is 25.3 Å². The van der Waals surface area contributed by atoms with Gasteiger partial charge in [-0.25, -0.2) is 0 Å². The molecule has 1 rings (SSSR count). The molecule has 5 heteroatoms. The molecule has 0 fully saturated rings. The summed E-state index contributed by atoms with van der Waals surface area (Å²) in [5.74, 6) is 5.61. The molecule has 0 aromatic heterocycles. The fraction of sp³-hybridized carbons (Fsp3) is 0.538. The van der Waals surface area contributed by atoms with Crippen molar-refractivity contribution in [3.63, 3.8) is 0 Å². The highest BCUT2D eigenvalue weighted by Crippen LogP contribution is 2.27. The quantitative estimate of drug-likeness (QED) is 0.599. The van der Waals surface area contributed by atoms with Crippen LogP contribution in [0.3, 0.4) is 0 Å². The van der Waals surface area contributed by atoms with E-state index >= 15 is 0 Å². The zero-order valence-electron chi connectivity index (χ0n) is 10.7. The van der Waals surface area contributed by atoms with Crippen molar-refractivity contribution in [2.45, 2.75) is 38.3 Å². The number of methoxy groups -OCH3 is 1. The van der Waals surface area contributed by atoms with Gasteiger partial charge in [-0.15, -0.1) is 0 Å². The Kier molecular flexibility index (Phi) is 6.97. The predicted molar refractivity (Wildman–Crippen MR) is 77.0 cm³/mol. The smallest absolute Gasteiger partial charge is 0.0740 e. The summed E-state index contributed by atoms with van der Waals surface area (Å²) in [6.45, 7) is 2.12. The van der Waals surface area contributed by atoms with Crippen molar-refractivity contribution in [3.8, 4) is 0 Å². The molecule has 0 radical (unpaired) electrons. The Morgan fingerprint density at radius 3 is 2.67 bits per heavy atom. The van der Waals surface area contributed by atoms with E-state index in [4.69, 9.17) is 33.8 Å². The third-order valence-corrected chi connectivity index (χ3v) is 3.87. The molecule has 0 spiro atoms. The maximum atomic E-state index is 6.18. The predicted octanol–water partition coefficient (Wildman–Crippen LogP) is 3.18. The highest BCUT2D eigenvalue weighted by Gasteiger charge is 2.21. The molecule has 0 saturated carbocycles. The summed E-state index contributed by atoms with van der Waals surface area (Å²) in [7, 11) is 1.70. The SMILES string of the molecule is CCCC(OC)C(Cc1cccc(Cl)c1Cl)NN. The van der Waals surface area contributed by atoms with Crippen molar-refractivity contribution >= 4 is 23.2 Å². The molecule has 0 aliphatic heterocycles. The number of rotatable bonds is 7. The average molecular weight is 291 g/mol. The van der Waals surface area contributed by atoms with Gasteiger partial charge in [0.15, 0.2) is 0 Å². The van der Waals surface area contributed by atoms with Gasteiger partial charge >= 0.3 is 0 Å². The minimum absolute atomic E-state index is 0.0194. The minimum Gasteiger partial charge on any atom is -0.380 e. The van der Waals surface area contributed by atoms with Gasteiger partial charge < -0.3 is 4.74 Å². The maximum absolute atomic E-state index is 6.18. The van der Waals surface area contributed by atoms with Crippen LogP contribution in [0.2, 0.25) is 10.0 Å². The summed E-state index contributed by atoms with van der Waals surface area (Å²) in [5.41, 5.74) is 3.78. The summed E-state index contributed by atoms with van der Waals surface area (Å²) in [6, 6.07) is 5.64. The van der Waals surface area contributed by atoms with Gasteiger partial charge in [0.1, 0.15) is 0 Å². The Bertz CT molecular complexity index is 374. The van der Waals surface area contributed by atoms with Crippen LogP contribution >= 0.6 is 23.2 Å². The minimum atomic E-state index is 0.0194. The molecule has 1 aromatic carbocycles. The van der Waals surface area contributed by atoms with Gasteiger partial charge in [-0.3, -0.25) is 11.3 Å². The van der Waals surface area contributed by atoms with Gasteiger partial charge in [-0.05, 0) is 24.5 Å². The van der Waals surface area contributed by atoms with Crippen molar-refractivity contribution in [2.75, 3.05) is 7.11 Å². The second-order valence-electron chi connectivity index (χ2n) is 4.25. The van der Waals surface area contributed by atoms with Gasteiger partial charge in [0.2, 0.25) is 0 Å². The molecule has 102 valence electrons. The van der Waals surface area contributed by atoms with Crippen LogP contribution in [0.25, 0.3) is 0 Å². The van der Waals surface area contributed by atoms with Crippen LogP contribution < -0.4 is 11.3 Å². The topological polar surface area (TPSA) is 47.3 Å². The first-order valence-corrected chi connectivity index (χ1v) is 6.81. The number of halogens is 2. The lowest BCUT2D eigenvalue weighted by Crippen LogP contribution is -2.46. The van der Waals surface area contributed by atoms with E-state index in [0.717, 1.165) is 18.4 Å². The monoisotopic (exact) mass is 290 g/mol. The fourth-order valence-corrected chi connectivity index (χ4v) is 2.41. The number of ether oxygens (including phenoxy) is 1. The highest BCUT2D eigenvalue weighted by molar-refractivity contribution is 6.42. The fourth-order valence-electron chi connectivity index (χ4n) is 2.01. The normalized spacial score (nSPS) is 14.5. The van der Waals surface area contributed by atoms with Crippen molar-refractivity contribution in [3.05, 3.63) is 33.8 Å². The van der Waals surface area contributed by atoms with Crippen molar-refractivity contribution < 1.29 is 4.74 Å². The van der Waals surface area contributed by atoms with E-state index in [9.17, 15) is 0 Å². The van der Waals surface area contributed by atoms with Gasteiger partial charge in [-0.2, -0.15) is 0 Å². The molecular weight excluding hydrogens is 271 g/mol. The van der Waals surface area contributed by atoms with E-state index < -0.39 is 0 Å². The summed E-state index contributed by atoms with van der Waals surface area (Å²) >= 11 is 12.2. The number of benzene rings is 1. The average Bonchev–Trinajstić information content (AvgIpc) is 2.38. The van der Waals surface area contributed by atoms with Crippen LogP contribution in [-0.4, -0.2) is 19.3 Å². The highest BCUT2D eigenvalue weighted by atomic mass is 35.5. The van der Waals surface area contributed by atoms with E-state index in [0.29, 0.717) is 16.5 Å². The lowest BCUT2D eigenvalue weighted by atomic mass is 9.99.